The van der Waals surface area contributed by atoms with E-state index in [-0.39, 0.29) is 29.1 Å². The van der Waals surface area contributed by atoms with E-state index in [4.69, 9.17) is 5.73 Å². The SMILES string of the molecule is C=CCNC(=O)c1cnc(Nc2ccc(F)cc2)nc1Nc1cccc(N)n1. The van der Waals surface area contributed by atoms with Gasteiger partial charge in [-0.2, -0.15) is 4.98 Å². The first-order chi connectivity index (χ1) is 13.5. The summed E-state index contributed by atoms with van der Waals surface area (Å²) in [7, 11) is 0. The maximum absolute atomic E-state index is 13.1. The Hall–Kier alpha value is -4.01. The van der Waals surface area contributed by atoms with Crippen LogP contribution in [-0.4, -0.2) is 27.4 Å². The lowest BCUT2D eigenvalue weighted by atomic mass is 10.2. The van der Waals surface area contributed by atoms with Crippen LogP contribution in [-0.2, 0) is 0 Å². The van der Waals surface area contributed by atoms with Crippen LogP contribution in [0.1, 0.15) is 10.4 Å². The molecule has 0 saturated carbocycles. The summed E-state index contributed by atoms with van der Waals surface area (Å²) in [4.78, 5) is 25.1. The second kappa shape index (κ2) is 8.58. The molecule has 0 aliphatic heterocycles. The molecule has 0 atom stereocenters. The van der Waals surface area contributed by atoms with Crippen LogP contribution in [0.2, 0.25) is 0 Å². The number of hydrogen-bond donors (Lipinski definition) is 4. The van der Waals surface area contributed by atoms with Crippen molar-refractivity contribution in [2.45, 2.75) is 0 Å². The second-order valence-corrected chi connectivity index (χ2v) is 5.66. The highest BCUT2D eigenvalue weighted by atomic mass is 19.1. The van der Waals surface area contributed by atoms with Gasteiger partial charge in [0, 0.05) is 18.4 Å². The fourth-order valence-corrected chi connectivity index (χ4v) is 2.27. The van der Waals surface area contributed by atoms with Gasteiger partial charge in [-0.05, 0) is 36.4 Å². The molecule has 2 aromatic heterocycles. The first-order valence-corrected chi connectivity index (χ1v) is 8.33. The van der Waals surface area contributed by atoms with E-state index in [0.717, 1.165) is 0 Å². The lowest BCUT2D eigenvalue weighted by molar-refractivity contribution is 0.0958. The molecule has 9 heteroatoms. The number of carbonyl (C=O) groups excluding carboxylic acids is 1. The van der Waals surface area contributed by atoms with Crippen LogP contribution >= 0.6 is 0 Å². The summed E-state index contributed by atoms with van der Waals surface area (Å²) >= 11 is 0. The Morgan fingerprint density at radius 2 is 1.93 bits per heavy atom. The first-order valence-electron chi connectivity index (χ1n) is 8.33. The van der Waals surface area contributed by atoms with E-state index in [9.17, 15) is 9.18 Å². The molecule has 0 aliphatic rings. The molecule has 0 spiro atoms. The molecule has 5 N–H and O–H groups in total. The Kier molecular flexibility index (Phi) is 5.75. The van der Waals surface area contributed by atoms with Crippen molar-refractivity contribution >= 4 is 35.0 Å². The van der Waals surface area contributed by atoms with Gasteiger partial charge in [0.05, 0.1) is 0 Å². The topological polar surface area (TPSA) is 118 Å². The van der Waals surface area contributed by atoms with E-state index in [1.165, 1.54) is 18.3 Å². The highest BCUT2D eigenvalue weighted by molar-refractivity contribution is 5.99. The predicted octanol–water partition coefficient (Wildman–Crippen LogP) is 3.00. The summed E-state index contributed by atoms with van der Waals surface area (Å²) in [6.07, 6.45) is 2.95. The Morgan fingerprint density at radius 3 is 2.64 bits per heavy atom. The summed E-state index contributed by atoms with van der Waals surface area (Å²) < 4.78 is 13.1. The second-order valence-electron chi connectivity index (χ2n) is 5.66. The average molecular weight is 379 g/mol. The van der Waals surface area contributed by atoms with Gasteiger partial charge in [0.15, 0.2) is 0 Å². The fourth-order valence-electron chi connectivity index (χ4n) is 2.27. The van der Waals surface area contributed by atoms with Crippen LogP contribution in [0.4, 0.5) is 33.5 Å². The van der Waals surface area contributed by atoms with E-state index in [0.29, 0.717) is 23.9 Å². The zero-order valence-corrected chi connectivity index (χ0v) is 14.8. The highest BCUT2D eigenvalue weighted by Crippen LogP contribution is 2.21. The quantitative estimate of drug-likeness (QED) is 0.466. The fraction of sp³-hybridized carbons (Fsp3) is 0.0526. The van der Waals surface area contributed by atoms with Crippen molar-refractivity contribution in [2.24, 2.45) is 0 Å². The molecule has 0 unspecified atom stereocenters. The number of rotatable bonds is 7. The highest BCUT2D eigenvalue weighted by Gasteiger charge is 2.15. The van der Waals surface area contributed by atoms with E-state index >= 15 is 0 Å². The molecule has 0 fully saturated rings. The molecule has 3 rings (SSSR count). The van der Waals surface area contributed by atoms with Crippen molar-refractivity contribution in [3.8, 4) is 0 Å². The number of nitrogens with one attached hydrogen (secondary N) is 3. The molecular formula is C19H18FN7O. The molecule has 8 nitrogen and oxygen atoms in total. The normalized spacial score (nSPS) is 10.2. The van der Waals surface area contributed by atoms with Gasteiger partial charge in [0.25, 0.3) is 5.91 Å². The molecule has 2 heterocycles. The molecule has 0 radical (unpaired) electrons. The number of carbonyl (C=O) groups is 1. The Balaban J connectivity index is 1.92. The molecule has 28 heavy (non-hydrogen) atoms. The van der Waals surface area contributed by atoms with E-state index < -0.39 is 0 Å². The van der Waals surface area contributed by atoms with Crippen molar-refractivity contribution in [3.05, 3.63) is 72.7 Å². The molecular weight excluding hydrogens is 361 g/mol. The average Bonchev–Trinajstić information content (AvgIpc) is 2.68. The molecule has 1 amide bonds. The number of halogens is 1. The van der Waals surface area contributed by atoms with Crippen molar-refractivity contribution in [1.29, 1.82) is 0 Å². The third-order valence-electron chi connectivity index (χ3n) is 3.56. The number of benzene rings is 1. The molecule has 0 saturated heterocycles. The van der Waals surface area contributed by atoms with Crippen LogP contribution in [0.25, 0.3) is 0 Å². The maximum Gasteiger partial charge on any atom is 0.256 e. The van der Waals surface area contributed by atoms with Crippen LogP contribution in [0.3, 0.4) is 0 Å². The van der Waals surface area contributed by atoms with E-state index in [1.807, 2.05) is 0 Å². The number of amides is 1. The number of anilines is 5. The van der Waals surface area contributed by atoms with Crippen molar-refractivity contribution in [1.82, 2.24) is 20.3 Å². The summed E-state index contributed by atoms with van der Waals surface area (Å²) in [5, 5.41) is 8.61. The minimum atomic E-state index is -0.375. The van der Waals surface area contributed by atoms with Gasteiger partial charge in [0.2, 0.25) is 5.95 Å². The number of nitrogens with two attached hydrogens (primary N) is 1. The molecule has 3 aromatic rings. The van der Waals surface area contributed by atoms with Gasteiger partial charge >= 0.3 is 0 Å². The zero-order chi connectivity index (χ0) is 19.9. The monoisotopic (exact) mass is 379 g/mol. The van der Waals surface area contributed by atoms with Gasteiger partial charge < -0.3 is 21.7 Å². The lowest BCUT2D eigenvalue weighted by Gasteiger charge is -2.12. The number of pyridine rings is 1. The Morgan fingerprint density at radius 1 is 1.14 bits per heavy atom. The molecule has 142 valence electrons. The summed E-state index contributed by atoms with van der Waals surface area (Å²) in [6.45, 7) is 3.87. The Bertz CT molecular complexity index is 992. The standard InChI is InChI=1S/C19H18FN7O/c1-2-10-22-18(28)14-11-23-19(24-13-8-6-12(20)7-9-13)27-17(14)26-16-5-3-4-15(21)25-16/h2-9,11H,1,10H2,(H,22,28)(H4,21,23,24,25,26,27). The Labute approximate surface area is 160 Å². The van der Waals surface area contributed by atoms with Crippen molar-refractivity contribution < 1.29 is 9.18 Å². The smallest absolute Gasteiger partial charge is 0.256 e. The predicted molar refractivity (Wildman–Crippen MR) is 106 cm³/mol. The number of hydrogen-bond acceptors (Lipinski definition) is 7. The number of aromatic nitrogens is 3. The van der Waals surface area contributed by atoms with Crippen LogP contribution < -0.4 is 21.7 Å². The first kappa shape index (κ1) is 18.8. The van der Waals surface area contributed by atoms with E-state index in [1.54, 1.807) is 36.4 Å². The molecule has 1 aromatic carbocycles. The van der Waals surface area contributed by atoms with E-state index in [2.05, 4.69) is 37.5 Å². The van der Waals surface area contributed by atoms with Crippen LogP contribution in [0.15, 0.2) is 61.3 Å². The maximum atomic E-state index is 13.1. The van der Waals surface area contributed by atoms with Gasteiger partial charge in [-0.15, -0.1) is 6.58 Å². The van der Waals surface area contributed by atoms with Gasteiger partial charge in [-0.1, -0.05) is 12.1 Å². The molecule has 0 aliphatic carbocycles. The number of nitrogen functional groups attached to an aromatic ring is 1. The van der Waals surface area contributed by atoms with Crippen LogP contribution in [0.5, 0.6) is 0 Å². The van der Waals surface area contributed by atoms with Crippen molar-refractivity contribution in [3.63, 3.8) is 0 Å². The summed E-state index contributed by atoms with van der Waals surface area (Å²) in [5.74, 6) is 0.471. The van der Waals surface area contributed by atoms with Crippen molar-refractivity contribution in [2.75, 3.05) is 22.9 Å². The summed E-state index contributed by atoms with van der Waals surface area (Å²) in [6, 6.07) is 10.8. The third-order valence-corrected chi connectivity index (χ3v) is 3.56. The van der Waals surface area contributed by atoms with Gasteiger partial charge in [0.1, 0.15) is 28.8 Å². The molecule has 0 bridgehead atoms. The van der Waals surface area contributed by atoms with Gasteiger partial charge in [-0.3, -0.25) is 4.79 Å². The van der Waals surface area contributed by atoms with Gasteiger partial charge in [-0.25, -0.2) is 14.4 Å². The number of nitrogens with zero attached hydrogens (tertiary/aromatic N) is 3. The third kappa shape index (κ3) is 4.79. The van der Waals surface area contributed by atoms with Crippen LogP contribution in [0, 0.1) is 5.82 Å². The minimum Gasteiger partial charge on any atom is -0.384 e. The zero-order valence-electron chi connectivity index (χ0n) is 14.8. The lowest BCUT2D eigenvalue weighted by Crippen LogP contribution is -2.25. The minimum absolute atomic E-state index is 0.218. The summed E-state index contributed by atoms with van der Waals surface area (Å²) in [5.41, 5.74) is 6.52. The largest absolute Gasteiger partial charge is 0.384 e.